The van der Waals surface area contributed by atoms with E-state index in [-0.39, 0.29) is 22.8 Å². The average Bonchev–Trinajstić information content (AvgIpc) is 3.12. The summed E-state index contributed by atoms with van der Waals surface area (Å²) in [4.78, 5) is 22.7. The van der Waals surface area contributed by atoms with E-state index in [4.69, 9.17) is 9.52 Å². The summed E-state index contributed by atoms with van der Waals surface area (Å²) in [5.41, 5.74) is 1.23. The molecule has 3 rings (SSSR count). The van der Waals surface area contributed by atoms with Gasteiger partial charge in [0.05, 0.1) is 0 Å². The summed E-state index contributed by atoms with van der Waals surface area (Å²) in [5.74, 6) is -1.78. The molecule has 0 aliphatic heterocycles. The lowest BCUT2D eigenvalue weighted by Gasteiger charge is -2.16. The zero-order valence-electron chi connectivity index (χ0n) is 11.3. The molecule has 108 valence electrons. The van der Waals surface area contributed by atoms with E-state index in [1.165, 1.54) is 17.7 Å². The fourth-order valence-electron chi connectivity index (χ4n) is 2.42. The summed E-state index contributed by atoms with van der Waals surface area (Å²) in [5, 5.41) is 11.6. The first kappa shape index (κ1) is 13.4. The Morgan fingerprint density at radius 2 is 1.76 bits per heavy atom. The number of hydrogen-bond acceptors (Lipinski definition) is 3. The van der Waals surface area contributed by atoms with Crippen LogP contribution in [0.15, 0.2) is 46.9 Å². The molecule has 0 bridgehead atoms. The first-order chi connectivity index (χ1) is 10.1. The first-order valence-electron chi connectivity index (χ1n) is 6.78. The summed E-state index contributed by atoms with van der Waals surface area (Å²) in [6, 6.07) is 12.7. The zero-order valence-corrected chi connectivity index (χ0v) is 11.3. The van der Waals surface area contributed by atoms with E-state index in [9.17, 15) is 9.59 Å². The Hall–Kier alpha value is -2.56. The van der Waals surface area contributed by atoms with Gasteiger partial charge in [0.15, 0.2) is 5.76 Å². The predicted molar refractivity (Wildman–Crippen MR) is 75.4 cm³/mol. The van der Waals surface area contributed by atoms with Gasteiger partial charge in [-0.15, -0.1) is 0 Å². The number of aromatic carboxylic acids is 1. The number of rotatable bonds is 5. The molecule has 5 nitrogen and oxygen atoms in total. The number of carbonyl (C=O) groups excluding carboxylic acids is 1. The SMILES string of the molecule is O=C(O)c1ccc(C(=O)NCC2(c3ccccc3)CC2)o1. The predicted octanol–water partition coefficient (Wildman–Crippen LogP) is 2.44. The van der Waals surface area contributed by atoms with Crippen LogP contribution in [0.2, 0.25) is 0 Å². The van der Waals surface area contributed by atoms with Gasteiger partial charge >= 0.3 is 5.97 Å². The molecule has 0 atom stereocenters. The molecule has 1 aromatic heterocycles. The Labute approximate surface area is 121 Å². The maximum atomic E-state index is 12.0. The van der Waals surface area contributed by atoms with Crippen LogP contribution in [0, 0.1) is 0 Å². The molecule has 1 aromatic carbocycles. The van der Waals surface area contributed by atoms with E-state index < -0.39 is 5.97 Å². The Morgan fingerprint density at radius 1 is 1.10 bits per heavy atom. The molecule has 0 saturated heterocycles. The van der Waals surface area contributed by atoms with E-state index in [2.05, 4.69) is 17.4 Å². The van der Waals surface area contributed by atoms with Crippen molar-refractivity contribution in [1.29, 1.82) is 0 Å². The average molecular weight is 285 g/mol. The molecule has 1 saturated carbocycles. The van der Waals surface area contributed by atoms with Crippen LogP contribution in [0.4, 0.5) is 0 Å². The van der Waals surface area contributed by atoms with Crippen LogP contribution in [-0.4, -0.2) is 23.5 Å². The standard InChI is InChI=1S/C16H15NO4/c18-14(12-6-7-13(21-12)15(19)20)17-10-16(8-9-16)11-4-2-1-3-5-11/h1-7H,8-10H2,(H,17,18)(H,19,20). The van der Waals surface area contributed by atoms with Crippen LogP contribution in [0.5, 0.6) is 0 Å². The normalized spacial score (nSPS) is 15.4. The van der Waals surface area contributed by atoms with Crippen molar-refractivity contribution in [2.45, 2.75) is 18.3 Å². The molecule has 21 heavy (non-hydrogen) atoms. The third-order valence-electron chi connectivity index (χ3n) is 3.87. The number of furan rings is 1. The highest BCUT2D eigenvalue weighted by Crippen LogP contribution is 2.47. The topological polar surface area (TPSA) is 79.5 Å². The molecule has 1 amide bonds. The number of carboxylic acid groups (broad SMARTS) is 1. The smallest absolute Gasteiger partial charge is 0.371 e. The van der Waals surface area contributed by atoms with Gasteiger partial charge in [0.25, 0.3) is 5.91 Å². The molecule has 0 unspecified atom stereocenters. The lowest BCUT2D eigenvalue weighted by atomic mass is 9.96. The van der Waals surface area contributed by atoms with E-state index in [0.717, 1.165) is 12.8 Å². The van der Waals surface area contributed by atoms with Gasteiger partial charge in [-0.1, -0.05) is 30.3 Å². The highest BCUT2D eigenvalue weighted by Gasteiger charge is 2.44. The minimum absolute atomic E-state index is 0.0130. The Morgan fingerprint density at radius 3 is 2.33 bits per heavy atom. The maximum absolute atomic E-state index is 12.0. The van der Waals surface area contributed by atoms with Crippen LogP contribution in [0.3, 0.4) is 0 Å². The molecule has 5 heteroatoms. The second kappa shape index (κ2) is 5.09. The van der Waals surface area contributed by atoms with Crippen molar-refractivity contribution >= 4 is 11.9 Å². The van der Waals surface area contributed by atoms with Crippen molar-refractivity contribution < 1.29 is 19.1 Å². The lowest BCUT2D eigenvalue weighted by molar-refractivity contribution is 0.0659. The van der Waals surface area contributed by atoms with E-state index in [1.807, 2.05) is 18.2 Å². The Kier molecular flexibility index (Phi) is 3.25. The van der Waals surface area contributed by atoms with Crippen molar-refractivity contribution in [3.05, 3.63) is 59.5 Å². The number of hydrogen-bond donors (Lipinski definition) is 2. The third-order valence-corrected chi connectivity index (χ3v) is 3.87. The molecule has 0 spiro atoms. The highest BCUT2D eigenvalue weighted by molar-refractivity contribution is 5.93. The number of amides is 1. The van der Waals surface area contributed by atoms with Crippen LogP contribution < -0.4 is 5.32 Å². The van der Waals surface area contributed by atoms with Crippen LogP contribution >= 0.6 is 0 Å². The summed E-state index contributed by atoms with van der Waals surface area (Å²) in [6.07, 6.45) is 2.08. The zero-order chi connectivity index (χ0) is 14.9. The molecule has 1 fully saturated rings. The summed E-state index contributed by atoms with van der Waals surface area (Å²) >= 11 is 0. The lowest BCUT2D eigenvalue weighted by Crippen LogP contribution is -2.32. The first-order valence-corrected chi connectivity index (χ1v) is 6.78. The summed E-state index contributed by atoms with van der Waals surface area (Å²) in [7, 11) is 0. The molecule has 1 aliphatic rings. The molecular weight excluding hydrogens is 270 g/mol. The Balaban J connectivity index is 1.65. The number of benzene rings is 1. The minimum atomic E-state index is -1.18. The second-order valence-corrected chi connectivity index (χ2v) is 5.30. The molecule has 0 radical (unpaired) electrons. The molecule has 1 aliphatic carbocycles. The third kappa shape index (κ3) is 2.67. The van der Waals surface area contributed by atoms with Gasteiger partial charge in [-0.2, -0.15) is 0 Å². The summed E-state index contributed by atoms with van der Waals surface area (Å²) in [6.45, 7) is 0.527. The van der Waals surface area contributed by atoms with E-state index in [1.54, 1.807) is 0 Å². The van der Waals surface area contributed by atoms with Gasteiger partial charge in [-0.3, -0.25) is 4.79 Å². The fraction of sp³-hybridized carbons (Fsp3) is 0.250. The van der Waals surface area contributed by atoms with Gasteiger partial charge in [-0.05, 0) is 30.5 Å². The highest BCUT2D eigenvalue weighted by atomic mass is 16.4. The van der Waals surface area contributed by atoms with Gasteiger partial charge in [0.1, 0.15) is 0 Å². The van der Waals surface area contributed by atoms with Gasteiger partial charge in [-0.25, -0.2) is 4.79 Å². The summed E-state index contributed by atoms with van der Waals surface area (Å²) < 4.78 is 4.99. The molecule has 1 heterocycles. The maximum Gasteiger partial charge on any atom is 0.371 e. The monoisotopic (exact) mass is 285 g/mol. The molecule has 2 N–H and O–H groups in total. The van der Waals surface area contributed by atoms with Crippen LogP contribution in [0.25, 0.3) is 0 Å². The number of nitrogens with one attached hydrogen (secondary N) is 1. The van der Waals surface area contributed by atoms with E-state index >= 15 is 0 Å². The quantitative estimate of drug-likeness (QED) is 0.884. The fourth-order valence-corrected chi connectivity index (χ4v) is 2.42. The van der Waals surface area contributed by atoms with Crippen molar-refractivity contribution in [3.8, 4) is 0 Å². The van der Waals surface area contributed by atoms with E-state index in [0.29, 0.717) is 6.54 Å². The van der Waals surface area contributed by atoms with Gasteiger partial charge in [0, 0.05) is 12.0 Å². The molecule has 2 aromatic rings. The van der Waals surface area contributed by atoms with Crippen molar-refractivity contribution in [3.63, 3.8) is 0 Å². The van der Waals surface area contributed by atoms with Crippen molar-refractivity contribution in [2.24, 2.45) is 0 Å². The number of carbonyl (C=O) groups is 2. The number of carboxylic acids is 1. The largest absolute Gasteiger partial charge is 0.475 e. The Bertz CT molecular complexity index is 671. The van der Waals surface area contributed by atoms with Crippen molar-refractivity contribution in [2.75, 3.05) is 6.54 Å². The van der Waals surface area contributed by atoms with Crippen molar-refractivity contribution in [1.82, 2.24) is 5.32 Å². The van der Waals surface area contributed by atoms with Gasteiger partial charge < -0.3 is 14.8 Å². The second-order valence-electron chi connectivity index (χ2n) is 5.30. The minimum Gasteiger partial charge on any atom is -0.475 e. The van der Waals surface area contributed by atoms with Crippen LogP contribution in [0.1, 0.15) is 39.5 Å². The van der Waals surface area contributed by atoms with Gasteiger partial charge in [0.2, 0.25) is 5.76 Å². The molecular formula is C16H15NO4. The van der Waals surface area contributed by atoms with Crippen LogP contribution in [-0.2, 0) is 5.41 Å².